The highest BCUT2D eigenvalue weighted by molar-refractivity contribution is 6.42. The molecule has 5 heteroatoms. The Morgan fingerprint density at radius 1 is 1.00 bits per heavy atom. The van der Waals surface area contributed by atoms with E-state index in [1.165, 1.54) is 12.1 Å². The van der Waals surface area contributed by atoms with Crippen LogP contribution < -0.4 is 10.6 Å². The van der Waals surface area contributed by atoms with Crippen LogP contribution in [-0.4, -0.2) is 13.1 Å². The first-order valence-corrected chi connectivity index (χ1v) is 8.57. The lowest BCUT2D eigenvalue weighted by Gasteiger charge is -2.32. The minimum Gasteiger partial charge on any atom is -0.378 e. The molecule has 2 N–H and O–H groups in total. The van der Waals surface area contributed by atoms with Crippen molar-refractivity contribution in [3.05, 3.63) is 63.9 Å². The molecule has 3 rings (SSSR count). The summed E-state index contributed by atoms with van der Waals surface area (Å²) in [6.07, 6.45) is 2.16. The minimum atomic E-state index is -0.233. The number of hydrogen-bond acceptors (Lipinski definition) is 2. The molecule has 0 spiro atoms. The zero-order chi connectivity index (χ0) is 16.2. The zero-order valence-electron chi connectivity index (χ0n) is 12.7. The monoisotopic (exact) mass is 352 g/mol. The highest BCUT2D eigenvalue weighted by atomic mass is 35.5. The maximum Gasteiger partial charge on any atom is 0.123 e. The molecule has 1 fully saturated rings. The van der Waals surface area contributed by atoms with Crippen molar-refractivity contribution in [1.29, 1.82) is 0 Å². The molecule has 1 atom stereocenters. The molecule has 23 heavy (non-hydrogen) atoms. The second kappa shape index (κ2) is 7.52. The number of piperidine rings is 1. The summed E-state index contributed by atoms with van der Waals surface area (Å²) in [4.78, 5) is 0. The Morgan fingerprint density at radius 3 is 2.35 bits per heavy atom. The fourth-order valence-corrected chi connectivity index (χ4v) is 3.39. The Labute approximate surface area is 146 Å². The van der Waals surface area contributed by atoms with Crippen molar-refractivity contribution >= 4 is 28.9 Å². The van der Waals surface area contributed by atoms with Gasteiger partial charge >= 0.3 is 0 Å². The average molecular weight is 353 g/mol. The highest BCUT2D eigenvalue weighted by Gasteiger charge is 2.25. The molecule has 0 aliphatic carbocycles. The first-order chi connectivity index (χ1) is 11.1. The predicted molar refractivity (Wildman–Crippen MR) is 94.8 cm³/mol. The predicted octanol–water partition coefficient (Wildman–Crippen LogP) is 5.29. The molecule has 2 aromatic rings. The van der Waals surface area contributed by atoms with Gasteiger partial charge in [-0.1, -0.05) is 29.3 Å². The van der Waals surface area contributed by atoms with E-state index < -0.39 is 0 Å². The molecule has 0 amide bonds. The Bertz CT molecular complexity index is 655. The normalized spacial score (nSPS) is 17.0. The van der Waals surface area contributed by atoms with Crippen LogP contribution in [0.25, 0.3) is 0 Å². The summed E-state index contributed by atoms with van der Waals surface area (Å²) < 4.78 is 13.1. The SMILES string of the molecule is Fc1ccc(NC(c2ccc(Cl)c(Cl)c2)C2CCNCC2)cc1. The summed E-state index contributed by atoms with van der Waals surface area (Å²) in [5.74, 6) is 0.252. The van der Waals surface area contributed by atoms with E-state index in [2.05, 4.69) is 10.6 Å². The van der Waals surface area contributed by atoms with Crippen LogP contribution in [0.5, 0.6) is 0 Å². The molecule has 1 aliphatic rings. The van der Waals surface area contributed by atoms with Crippen molar-refractivity contribution in [2.24, 2.45) is 5.92 Å². The maximum absolute atomic E-state index is 13.1. The van der Waals surface area contributed by atoms with E-state index in [4.69, 9.17) is 23.2 Å². The van der Waals surface area contributed by atoms with Gasteiger partial charge in [-0.25, -0.2) is 4.39 Å². The molecular weight excluding hydrogens is 334 g/mol. The van der Waals surface area contributed by atoms with Gasteiger partial charge in [-0.2, -0.15) is 0 Å². The van der Waals surface area contributed by atoms with Crippen molar-refractivity contribution in [2.45, 2.75) is 18.9 Å². The van der Waals surface area contributed by atoms with Crippen molar-refractivity contribution in [3.63, 3.8) is 0 Å². The second-order valence-corrected chi connectivity index (χ2v) is 6.70. The molecule has 0 bridgehead atoms. The lowest BCUT2D eigenvalue weighted by Crippen LogP contribution is -2.33. The minimum absolute atomic E-state index is 0.123. The summed E-state index contributed by atoms with van der Waals surface area (Å²) in [7, 11) is 0. The lowest BCUT2D eigenvalue weighted by molar-refractivity contribution is 0.335. The molecule has 1 aliphatic heterocycles. The molecule has 0 saturated carbocycles. The fourth-order valence-electron chi connectivity index (χ4n) is 3.08. The van der Waals surface area contributed by atoms with Crippen LogP contribution in [0.3, 0.4) is 0 Å². The smallest absolute Gasteiger partial charge is 0.123 e. The molecule has 2 nitrogen and oxygen atoms in total. The second-order valence-electron chi connectivity index (χ2n) is 5.89. The van der Waals surface area contributed by atoms with E-state index in [1.807, 2.05) is 18.2 Å². The van der Waals surface area contributed by atoms with E-state index in [9.17, 15) is 4.39 Å². The Kier molecular flexibility index (Phi) is 5.42. The number of rotatable bonds is 4. The van der Waals surface area contributed by atoms with Crippen LogP contribution in [0.2, 0.25) is 10.0 Å². The summed E-state index contributed by atoms with van der Waals surface area (Å²) in [5.41, 5.74) is 2.01. The highest BCUT2D eigenvalue weighted by Crippen LogP contribution is 2.35. The molecule has 0 radical (unpaired) electrons. The third-order valence-electron chi connectivity index (χ3n) is 4.32. The number of halogens is 3. The van der Waals surface area contributed by atoms with E-state index in [0.717, 1.165) is 37.2 Å². The van der Waals surface area contributed by atoms with E-state index in [0.29, 0.717) is 16.0 Å². The van der Waals surface area contributed by atoms with E-state index in [-0.39, 0.29) is 11.9 Å². The number of benzene rings is 2. The molecule has 1 unspecified atom stereocenters. The average Bonchev–Trinajstić information content (AvgIpc) is 2.58. The Morgan fingerprint density at radius 2 is 1.70 bits per heavy atom. The van der Waals surface area contributed by atoms with Gasteiger partial charge in [-0.05, 0) is 73.8 Å². The maximum atomic E-state index is 13.1. The largest absolute Gasteiger partial charge is 0.378 e. The van der Waals surface area contributed by atoms with Crippen LogP contribution in [-0.2, 0) is 0 Å². The summed E-state index contributed by atoms with van der Waals surface area (Å²) in [6.45, 7) is 2.02. The third-order valence-corrected chi connectivity index (χ3v) is 5.06. The Balaban J connectivity index is 1.88. The Hall–Kier alpha value is -1.29. The molecule has 1 heterocycles. The van der Waals surface area contributed by atoms with Crippen molar-refractivity contribution in [1.82, 2.24) is 5.32 Å². The van der Waals surface area contributed by atoms with Gasteiger partial charge < -0.3 is 10.6 Å². The van der Waals surface area contributed by atoms with Gasteiger partial charge in [0.05, 0.1) is 16.1 Å². The van der Waals surface area contributed by atoms with Gasteiger partial charge in [0.15, 0.2) is 0 Å². The van der Waals surface area contributed by atoms with Gasteiger partial charge in [0, 0.05) is 5.69 Å². The standard InChI is InChI=1S/C18H19Cl2FN2/c19-16-6-1-13(11-17(16)20)18(12-7-9-22-10-8-12)23-15-4-2-14(21)3-5-15/h1-6,11-12,18,22-23H,7-10H2. The quantitative estimate of drug-likeness (QED) is 0.781. The molecule has 0 aromatic heterocycles. The third kappa shape index (κ3) is 4.17. The van der Waals surface area contributed by atoms with Gasteiger partial charge in [0.2, 0.25) is 0 Å². The number of anilines is 1. The van der Waals surface area contributed by atoms with Crippen molar-refractivity contribution in [2.75, 3.05) is 18.4 Å². The summed E-state index contributed by atoms with van der Waals surface area (Å²) >= 11 is 12.2. The van der Waals surface area contributed by atoms with Gasteiger partial charge in [0.1, 0.15) is 5.82 Å². The van der Waals surface area contributed by atoms with Crippen molar-refractivity contribution in [3.8, 4) is 0 Å². The van der Waals surface area contributed by atoms with E-state index >= 15 is 0 Å². The van der Waals surface area contributed by atoms with E-state index in [1.54, 1.807) is 12.1 Å². The van der Waals surface area contributed by atoms with Crippen molar-refractivity contribution < 1.29 is 4.39 Å². The molecular formula is C18H19Cl2FN2. The first-order valence-electron chi connectivity index (χ1n) is 7.81. The molecule has 1 saturated heterocycles. The van der Waals surface area contributed by atoms with Gasteiger partial charge in [-0.15, -0.1) is 0 Å². The van der Waals surface area contributed by atoms with Crippen LogP contribution in [0.4, 0.5) is 10.1 Å². The number of hydrogen-bond donors (Lipinski definition) is 2. The zero-order valence-corrected chi connectivity index (χ0v) is 14.2. The van der Waals surface area contributed by atoms with Crippen LogP contribution in [0.1, 0.15) is 24.4 Å². The first kappa shape index (κ1) is 16.6. The van der Waals surface area contributed by atoms with Gasteiger partial charge in [0.25, 0.3) is 0 Å². The molecule has 122 valence electrons. The van der Waals surface area contributed by atoms with Crippen LogP contribution >= 0.6 is 23.2 Å². The number of nitrogens with one attached hydrogen (secondary N) is 2. The lowest BCUT2D eigenvalue weighted by atomic mass is 9.85. The molecule has 2 aromatic carbocycles. The summed E-state index contributed by atoms with van der Waals surface area (Å²) in [6, 6.07) is 12.4. The fraction of sp³-hybridized carbons (Fsp3) is 0.333. The topological polar surface area (TPSA) is 24.1 Å². The van der Waals surface area contributed by atoms with Gasteiger partial charge in [-0.3, -0.25) is 0 Å². The van der Waals surface area contributed by atoms with Crippen LogP contribution in [0.15, 0.2) is 42.5 Å². The van der Waals surface area contributed by atoms with Crippen LogP contribution in [0, 0.1) is 11.7 Å². The summed E-state index contributed by atoms with van der Waals surface area (Å²) in [5, 5.41) is 8.05.